The predicted octanol–water partition coefficient (Wildman–Crippen LogP) is 2.23. The monoisotopic (exact) mass is 282 g/mol. The lowest BCUT2D eigenvalue weighted by atomic mass is 9.92. The first-order chi connectivity index (χ1) is 9.46. The highest BCUT2D eigenvalue weighted by Gasteiger charge is 2.29. The SMILES string of the molecule is CCC(CC)(CN)NC(=O)C(C)Oc1cccc(F)c1. The van der Waals surface area contributed by atoms with Crippen LogP contribution < -0.4 is 15.8 Å². The van der Waals surface area contributed by atoms with Crippen LogP contribution in [0.1, 0.15) is 33.6 Å². The summed E-state index contributed by atoms with van der Waals surface area (Å²) < 4.78 is 18.5. The van der Waals surface area contributed by atoms with E-state index in [-0.39, 0.29) is 5.91 Å². The van der Waals surface area contributed by atoms with Gasteiger partial charge in [0.2, 0.25) is 0 Å². The zero-order valence-corrected chi connectivity index (χ0v) is 12.3. The molecule has 0 heterocycles. The quantitative estimate of drug-likeness (QED) is 0.806. The van der Waals surface area contributed by atoms with E-state index in [4.69, 9.17) is 10.5 Å². The van der Waals surface area contributed by atoms with Crippen LogP contribution in [-0.4, -0.2) is 24.1 Å². The lowest BCUT2D eigenvalue weighted by molar-refractivity contribution is -0.129. The number of hydrogen-bond donors (Lipinski definition) is 2. The number of carbonyl (C=O) groups is 1. The summed E-state index contributed by atoms with van der Waals surface area (Å²) in [6.45, 7) is 5.97. The van der Waals surface area contributed by atoms with Crippen molar-refractivity contribution in [1.82, 2.24) is 5.32 Å². The van der Waals surface area contributed by atoms with E-state index >= 15 is 0 Å². The van der Waals surface area contributed by atoms with Gasteiger partial charge in [-0.15, -0.1) is 0 Å². The van der Waals surface area contributed by atoms with Gasteiger partial charge < -0.3 is 15.8 Å². The third-order valence-electron chi connectivity index (χ3n) is 3.61. The van der Waals surface area contributed by atoms with Crippen LogP contribution in [0.3, 0.4) is 0 Å². The van der Waals surface area contributed by atoms with Crippen molar-refractivity contribution in [2.75, 3.05) is 6.54 Å². The maximum Gasteiger partial charge on any atom is 0.261 e. The Morgan fingerprint density at radius 2 is 2.10 bits per heavy atom. The topological polar surface area (TPSA) is 64.3 Å². The predicted molar refractivity (Wildman–Crippen MR) is 77.0 cm³/mol. The highest BCUT2D eigenvalue weighted by Crippen LogP contribution is 2.16. The van der Waals surface area contributed by atoms with E-state index in [1.54, 1.807) is 13.0 Å². The Balaban J connectivity index is 2.67. The molecule has 20 heavy (non-hydrogen) atoms. The Hall–Kier alpha value is -1.62. The summed E-state index contributed by atoms with van der Waals surface area (Å²) in [6, 6.07) is 5.73. The van der Waals surface area contributed by atoms with Gasteiger partial charge in [0.05, 0.1) is 5.54 Å². The minimum atomic E-state index is -0.708. The van der Waals surface area contributed by atoms with Gasteiger partial charge in [0.25, 0.3) is 5.91 Å². The molecule has 112 valence electrons. The second-order valence-electron chi connectivity index (χ2n) is 4.90. The largest absolute Gasteiger partial charge is 0.481 e. The molecule has 1 aromatic rings. The lowest BCUT2D eigenvalue weighted by Crippen LogP contribution is -2.55. The Kier molecular flexibility index (Phi) is 5.95. The van der Waals surface area contributed by atoms with Gasteiger partial charge in [-0.2, -0.15) is 0 Å². The van der Waals surface area contributed by atoms with Crippen molar-refractivity contribution < 1.29 is 13.9 Å². The van der Waals surface area contributed by atoms with Crippen molar-refractivity contribution in [3.63, 3.8) is 0 Å². The van der Waals surface area contributed by atoms with Crippen LogP contribution >= 0.6 is 0 Å². The maximum absolute atomic E-state index is 13.1. The Labute approximate surface area is 119 Å². The highest BCUT2D eigenvalue weighted by molar-refractivity contribution is 5.81. The Morgan fingerprint density at radius 1 is 1.45 bits per heavy atom. The molecule has 0 aromatic heterocycles. The van der Waals surface area contributed by atoms with E-state index in [0.717, 1.165) is 12.8 Å². The fraction of sp³-hybridized carbons (Fsp3) is 0.533. The number of benzene rings is 1. The molecular weight excluding hydrogens is 259 g/mol. The molecule has 0 aliphatic carbocycles. The molecule has 4 nitrogen and oxygen atoms in total. The maximum atomic E-state index is 13.1. The summed E-state index contributed by atoms with van der Waals surface area (Å²) in [4.78, 5) is 12.1. The van der Waals surface area contributed by atoms with Crippen molar-refractivity contribution in [3.05, 3.63) is 30.1 Å². The van der Waals surface area contributed by atoms with E-state index < -0.39 is 17.5 Å². The summed E-state index contributed by atoms with van der Waals surface area (Å²) in [5.74, 6) is -0.309. The second-order valence-corrected chi connectivity index (χ2v) is 4.90. The number of rotatable bonds is 7. The molecule has 1 rings (SSSR count). The molecule has 0 aliphatic heterocycles. The van der Waals surface area contributed by atoms with Crippen LogP contribution in [-0.2, 0) is 4.79 Å². The molecule has 0 bridgehead atoms. The summed E-state index contributed by atoms with van der Waals surface area (Å²) >= 11 is 0. The molecule has 0 radical (unpaired) electrons. The van der Waals surface area contributed by atoms with Gasteiger partial charge in [0.15, 0.2) is 6.10 Å². The van der Waals surface area contributed by atoms with Crippen molar-refractivity contribution in [2.24, 2.45) is 5.73 Å². The standard InChI is InChI=1S/C15H23FN2O2/c1-4-15(5-2,10-17)18-14(19)11(3)20-13-8-6-7-12(16)9-13/h6-9,11H,4-5,10,17H2,1-3H3,(H,18,19). The molecule has 1 unspecified atom stereocenters. The summed E-state index contributed by atoms with van der Waals surface area (Å²) in [5, 5.41) is 2.93. The first kappa shape index (κ1) is 16.4. The van der Waals surface area contributed by atoms with Gasteiger partial charge in [-0.1, -0.05) is 19.9 Å². The first-order valence-corrected chi connectivity index (χ1v) is 6.90. The lowest BCUT2D eigenvalue weighted by Gasteiger charge is -2.32. The van der Waals surface area contributed by atoms with Crippen LogP contribution in [0.25, 0.3) is 0 Å². The van der Waals surface area contributed by atoms with E-state index in [2.05, 4.69) is 5.32 Å². The molecule has 0 saturated carbocycles. The van der Waals surface area contributed by atoms with Gasteiger partial charge in [0.1, 0.15) is 11.6 Å². The third-order valence-corrected chi connectivity index (χ3v) is 3.61. The minimum absolute atomic E-state index is 0.247. The number of hydrogen-bond acceptors (Lipinski definition) is 3. The second kappa shape index (κ2) is 7.24. The fourth-order valence-corrected chi connectivity index (χ4v) is 1.93. The number of amides is 1. The van der Waals surface area contributed by atoms with Gasteiger partial charge in [-0.25, -0.2) is 4.39 Å². The van der Waals surface area contributed by atoms with Crippen LogP contribution in [0.5, 0.6) is 5.75 Å². The van der Waals surface area contributed by atoms with E-state index in [9.17, 15) is 9.18 Å². The molecule has 0 spiro atoms. The van der Waals surface area contributed by atoms with Gasteiger partial charge in [0, 0.05) is 12.6 Å². The van der Waals surface area contributed by atoms with Crippen LogP contribution in [0, 0.1) is 5.82 Å². The molecule has 5 heteroatoms. The van der Waals surface area contributed by atoms with E-state index in [1.165, 1.54) is 18.2 Å². The third kappa shape index (κ3) is 4.20. The highest BCUT2D eigenvalue weighted by atomic mass is 19.1. The summed E-state index contributed by atoms with van der Waals surface area (Å²) in [5.41, 5.74) is 5.34. The van der Waals surface area contributed by atoms with Crippen molar-refractivity contribution in [1.29, 1.82) is 0 Å². The fourth-order valence-electron chi connectivity index (χ4n) is 1.93. The van der Waals surface area contributed by atoms with E-state index in [0.29, 0.717) is 12.3 Å². The molecule has 0 saturated heterocycles. The molecule has 0 fully saturated rings. The molecule has 1 atom stereocenters. The average Bonchev–Trinajstić information content (AvgIpc) is 2.44. The number of nitrogens with one attached hydrogen (secondary N) is 1. The average molecular weight is 282 g/mol. The van der Waals surface area contributed by atoms with E-state index in [1.807, 2.05) is 13.8 Å². The van der Waals surface area contributed by atoms with Crippen molar-refractivity contribution in [2.45, 2.75) is 45.3 Å². The number of halogens is 1. The summed E-state index contributed by atoms with van der Waals surface area (Å²) in [6.07, 6.45) is 0.789. The smallest absolute Gasteiger partial charge is 0.261 e. The Bertz CT molecular complexity index is 439. The van der Waals surface area contributed by atoms with Crippen molar-refractivity contribution >= 4 is 5.91 Å². The number of carbonyl (C=O) groups excluding carboxylic acids is 1. The Morgan fingerprint density at radius 3 is 2.60 bits per heavy atom. The molecule has 0 aliphatic rings. The van der Waals surface area contributed by atoms with Crippen LogP contribution in [0.15, 0.2) is 24.3 Å². The van der Waals surface area contributed by atoms with Crippen LogP contribution in [0.2, 0.25) is 0 Å². The van der Waals surface area contributed by atoms with Crippen molar-refractivity contribution in [3.8, 4) is 5.75 Å². The molecular formula is C15H23FN2O2. The van der Waals surface area contributed by atoms with Gasteiger partial charge >= 0.3 is 0 Å². The van der Waals surface area contributed by atoms with Crippen LogP contribution in [0.4, 0.5) is 4.39 Å². The minimum Gasteiger partial charge on any atom is -0.481 e. The number of nitrogens with two attached hydrogens (primary N) is 1. The normalized spacial score (nSPS) is 12.8. The van der Waals surface area contributed by atoms with Gasteiger partial charge in [-0.3, -0.25) is 4.79 Å². The zero-order chi connectivity index (χ0) is 15.2. The van der Waals surface area contributed by atoms with Gasteiger partial charge in [-0.05, 0) is 31.9 Å². The zero-order valence-electron chi connectivity index (χ0n) is 12.3. The molecule has 1 amide bonds. The summed E-state index contributed by atoms with van der Waals surface area (Å²) in [7, 11) is 0. The first-order valence-electron chi connectivity index (χ1n) is 6.90. The number of ether oxygens (including phenoxy) is 1. The molecule has 1 aromatic carbocycles. The molecule has 3 N–H and O–H groups in total.